The van der Waals surface area contributed by atoms with Gasteiger partial charge in [-0.15, -0.1) is 0 Å². The molecule has 0 amide bonds. The first kappa shape index (κ1) is 18.8. The van der Waals surface area contributed by atoms with Crippen LogP contribution >= 0.6 is 0 Å². The molecule has 0 aliphatic carbocycles. The van der Waals surface area contributed by atoms with Crippen LogP contribution in [0, 0.1) is 0 Å². The predicted octanol–water partition coefficient (Wildman–Crippen LogP) is 3.50. The molecular formula is C20H33BO6-. The SMILES string of the molecule is CC1(C)O[C@H]2OC([C@H]3COC(C)(C)O3)[C@H](O[B-]3C4CCCC3CCC4)[C@H]2O1. The van der Waals surface area contributed by atoms with Crippen LogP contribution in [0.4, 0.5) is 0 Å². The fourth-order valence-electron chi connectivity index (χ4n) is 5.85. The largest absolute Gasteiger partial charge is 0.616 e. The molecular weight excluding hydrogens is 347 g/mol. The van der Waals surface area contributed by atoms with E-state index in [0.29, 0.717) is 25.2 Å². The fourth-order valence-corrected chi connectivity index (χ4v) is 5.85. The average molecular weight is 380 g/mol. The van der Waals surface area contributed by atoms with Gasteiger partial charge < -0.3 is 28.3 Å². The molecule has 5 aliphatic rings. The van der Waals surface area contributed by atoms with Gasteiger partial charge in [0.05, 0.1) is 12.7 Å². The summed E-state index contributed by atoms with van der Waals surface area (Å²) in [6, 6.07) is 0. The van der Waals surface area contributed by atoms with Crippen molar-refractivity contribution in [2.75, 3.05) is 6.61 Å². The second-order valence-electron chi connectivity index (χ2n) is 9.88. The van der Waals surface area contributed by atoms with Crippen molar-refractivity contribution in [3.63, 3.8) is 0 Å². The van der Waals surface area contributed by atoms with Crippen molar-refractivity contribution in [3.05, 3.63) is 0 Å². The van der Waals surface area contributed by atoms with E-state index in [1.54, 1.807) is 0 Å². The predicted molar refractivity (Wildman–Crippen MR) is 99.4 cm³/mol. The highest BCUT2D eigenvalue weighted by Crippen LogP contribution is 2.49. The number of hydrogen-bond donors (Lipinski definition) is 0. The minimum absolute atomic E-state index is 0.158. The Morgan fingerprint density at radius 2 is 1.48 bits per heavy atom. The van der Waals surface area contributed by atoms with Crippen molar-refractivity contribution in [3.8, 4) is 0 Å². The highest BCUT2D eigenvalue weighted by atomic mass is 16.8. The molecule has 2 bridgehead atoms. The van der Waals surface area contributed by atoms with Gasteiger partial charge in [0.2, 0.25) is 0 Å². The van der Waals surface area contributed by atoms with E-state index in [9.17, 15) is 0 Å². The standard InChI is InChI=1S/C20H33BO6/c1-19(2)22-11-14(24-19)15-16(17-18(23-15)26-20(3,4)25-17)27-21-12-7-5-8-13(21)10-6-9-12/h12-18H,5-11H2,1-4H3/q-1/t12?,13?,14-,15?,16+,17-,18-/m1/s1. The Kier molecular flexibility index (Phi) is 4.66. The van der Waals surface area contributed by atoms with Gasteiger partial charge in [-0.25, -0.2) is 0 Å². The third-order valence-electron chi connectivity index (χ3n) is 6.97. The van der Waals surface area contributed by atoms with E-state index in [0.717, 1.165) is 0 Å². The number of fused-ring (bicyclic) bond motifs is 3. The number of hydrogen-bond acceptors (Lipinski definition) is 6. The van der Waals surface area contributed by atoms with Crippen molar-refractivity contribution in [1.29, 1.82) is 0 Å². The summed E-state index contributed by atoms with van der Waals surface area (Å²) in [6.45, 7) is 8.59. The number of rotatable bonds is 3. The Labute approximate surface area is 162 Å². The van der Waals surface area contributed by atoms with Crippen LogP contribution in [0.3, 0.4) is 0 Å². The first-order valence-electron chi connectivity index (χ1n) is 10.8. The normalized spacial score (nSPS) is 48.7. The molecule has 0 aromatic carbocycles. The highest BCUT2D eigenvalue weighted by molar-refractivity contribution is 6.56. The zero-order chi connectivity index (χ0) is 18.8. The zero-order valence-corrected chi connectivity index (χ0v) is 17.0. The molecule has 0 N–H and O–H groups in total. The summed E-state index contributed by atoms with van der Waals surface area (Å²) in [5.74, 6) is 0.115. The summed E-state index contributed by atoms with van der Waals surface area (Å²) in [7, 11) is 0. The molecule has 5 atom stereocenters. The second kappa shape index (κ2) is 6.68. The molecule has 5 aliphatic heterocycles. The monoisotopic (exact) mass is 380 g/mol. The summed E-state index contributed by atoms with van der Waals surface area (Å²) < 4.78 is 37.3. The lowest BCUT2D eigenvalue weighted by Crippen LogP contribution is -2.49. The molecule has 0 aromatic rings. The summed E-state index contributed by atoms with van der Waals surface area (Å²) in [6.07, 6.45) is 6.65. The maximum Gasteiger partial charge on any atom is 0.190 e. The van der Waals surface area contributed by atoms with Gasteiger partial charge in [-0.1, -0.05) is 38.5 Å². The Morgan fingerprint density at radius 3 is 2.07 bits per heavy atom. The molecule has 27 heavy (non-hydrogen) atoms. The van der Waals surface area contributed by atoms with E-state index in [4.69, 9.17) is 28.3 Å². The number of ether oxygens (including phenoxy) is 5. The van der Waals surface area contributed by atoms with Crippen LogP contribution in [0.5, 0.6) is 0 Å². The second-order valence-corrected chi connectivity index (χ2v) is 9.88. The van der Waals surface area contributed by atoms with Crippen molar-refractivity contribution >= 4 is 6.92 Å². The van der Waals surface area contributed by atoms with Gasteiger partial charge in [0.15, 0.2) is 17.9 Å². The summed E-state index contributed by atoms with van der Waals surface area (Å²) in [4.78, 5) is 0. The Hall–Kier alpha value is -0.175. The van der Waals surface area contributed by atoms with E-state index in [2.05, 4.69) is 0 Å². The summed E-state index contributed by atoms with van der Waals surface area (Å²) in [5, 5.41) is 0. The lowest BCUT2D eigenvalue weighted by molar-refractivity contribution is -0.230. The average Bonchev–Trinajstić information content (AvgIpc) is 3.18. The van der Waals surface area contributed by atoms with Crippen molar-refractivity contribution in [2.24, 2.45) is 0 Å². The van der Waals surface area contributed by atoms with Crippen LogP contribution in [0.2, 0.25) is 11.6 Å². The van der Waals surface area contributed by atoms with Gasteiger partial charge in [0, 0.05) is 6.92 Å². The lowest BCUT2D eigenvalue weighted by atomic mass is 9.38. The molecule has 1 radical (unpaired) electrons. The molecule has 1 unspecified atom stereocenters. The van der Waals surface area contributed by atoms with Gasteiger partial charge in [0.1, 0.15) is 18.3 Å². The maximum atomic E-state index is 6.85. The highest BCUT2D eigenvalue weighted by Gasteiger charge is 2.58. The van der Waals surface area contributed by atoms with Crippen LogP contribution in [0.25, 0.3) is 0 Å². The van der Waals surface area contributed by atoms with E-state index in [-0.39, 0.29) is 24.4 Å². The van der Waals surface area contributed by atoms with Gasteiger partial charge in [-0.3, -0.25) is 0 Å². The molecule has 7 heteroatoms. The van der Waals surface area contributed by atoms with Crippen molar-refractivity contribution in [2.45, 2.75) is 120 Å². The smallest absolute Gasteiger partial charge is 0.190 e. The third kappa shape index (κ3) is 3.49. The van der Waals surface area contributed by atoms with Crippen LogP contribution in [0.15, 0.2) is 0 Å². The van der Waals surface area contributed by atoms with Gasteiger partial charge in [0.25, 0.3) is 0 Å². The Morgan fingerprint density at radius 1 is 0.815 bits per heavy atom. The van der Waals surface area contributed by atoms with Gasteiger partial charge >= 0.3 is 0 Å². The topological polar surface area (TPSA) is 55.4 Å². The van der Waals surface area contributed by atoms with Crippen LogP contribution in [0.1, 0.15) is 66.2 Å². The van der Waals surface area contributed by atoms with E-state index < -0.39 is 17.9 Å². The van der Waals surface area contributed by atoms with Crippen molar-refractivity contribution in [1.82, 2.24) is 0 Å². The molecule has 6 nitrogen and oxygen atoms in total. The van der Waals surface area contributed by atoms with Gasteiger partial charge in [-0.2, -0.15) is 11.6 Å². The summed E-state index contributed by atoms with van der Waals surface area (Å²) in [5.41, 5.74) is 0. The molecule has 5 saturated heterocycles. The minimum atomic E-state index is -0.642. The molecule has 5 rings (SSSR count). The van der Waals surface area contributed by atoms with Crippen LogP contribution in [-0.4, -0.2) is 55.8 Å². The molecule has 0 aromatic heterocycles. The van der Waals surface area contributed by atoms with E-state index in [1.165, 1.54) is 38.5 Å². The molecule has 0 spiro atoms. The zero-order valence-electron chi connectivity index (χ0n) is 17.0. The Balaban J connectivity index is 1.37. The first-order chi connectivity index (χ1) is 12.8. The third-order valence-corrected chi connectivity index (χ3v) is 6.97. The molecule has 5 heterocycles. The lowest BCUT2D eigenvalue weighted by Gasteiger charge is -2.53. The van der Waals surface area contributed by atoms with Crippen LogP contribution < -0.4 is 0 Å². The fraction of sp³-hybridized carbons (Fsp3) is 1.00. The maximum absolute atomic E-state index is 6.85. The minimum Gasteiger partial charge on any atom is -0.616 e. The molecule has 0 saturated carbocycles. The van der Waals surface area contributed by atoms with E-state index >= 15 is 0 Å². The van der Waals surface area contributed by atoms with E-state index in [1.807, 2.05) is 27.7 Å². The first-order valence-corrected chi connectivity index (χ1v) is 10.8. The van der Waals surface area contributed by atoms with Crippen molar-refractivity contribution < 1.29 is 28.3 Å². The Bertz CT molecular complexity index is 547. The quantitative estimate of drug-likeness (QED) is 0.699. The van der Waals surface area contributed by atoms with Crippen LogP contribution in [-0.2, 0) is 28.3 Å². The summed E-state index contributed by atoms with van der Waals surface area (Å²) >= 11 is 0. The molecule has 5 fully saturated rings. The molecule has 153 valence electrons. The van der Waals surface area contributed by atoms with Gasteiger partial charge in [-0.05, 0) is 27.7 Å².